The van der Waals surface area contributed by atoms with Gasteiger partial charge in [0.25, 0.3) is 0 Å². The van der Waals surface area contributed by atoms with Crippen molar-refractivity contribution in [1.29, 1.82) is 0 Å². The molecule has 0 N–H and O–H groups in total. The van der Waals surface area contributed by atoms with E-state index < -0.39 is 22.9 Å². The molecule has 0 unspecified atom stereocenters. The van der Waals surface area contributed by atoms with Crippen molar-refractivity contribution in [1.82, 2.24) is 4.98 Å². The second-order valence-corrected chi connectivity index (χ2v) is 3.70. The van der Waals surface area contributed by atoms with Crippen LogP contribution in [0, 0.1) is 11.8 Å². The number of nitrogens with zero attached hydrogens (tertiary/aromatic N) is 1. The first-order valence-electron chi connectivity index (χ1n) is 5.21. The van der Waals surface area contributed by atoms with Crippen LogP contribution in [0.4, 0.5) is 13.2 Å². The summed E-state index contributed by atoms with van der Waals surface area (Å²) in [6.07, 6.45) is -3.68. The number of esters is 1. The number of aromatic nitrogens is 1. The lowest BCUT2D eigenvalue weighted by molar-refractivity contribution is -0.142. The Hall–Kier alpha value is -1.74. The number of carbonyl (C=O) groups excluding carboxylic acids is 1. The summed E-state index contributed by atoms with van der Waals surface area (Å²) in [5, 5.41) is -0.636. The van der Waals surface area contributed by atoms with Crippen LogP contribution >= 0.6 is 11.6 Å². The third-order valence-electron chi connectivity index (χ3n) is 1.92. The molecule has 0 aliphatic heterocycles. The molecule has 0 bridgehead atoms. The van der Waals surface area contributed by atoms with E-state index in [4.69, 9.17) is 11.6 Å². The second-order valence-electron chi connectivity index (χ2n) is 3.34. The maximum Gasteiger partial charge on any atom is 0.419 e. The molecule has 7 heteroatoms. The molecule has 0 aliphatic rings. The van der Waals surface area contributed by atoms with Crippen LogP contribution in [-0.4, -0.2) is 17.6 Å². The Balaban J connectivity index is 2.87. The van der Waals surface area contributed by atoms with Crippen LogP contribution in [0.1, 0.15) is 24.5 Å². The number of pyridine rings is 1. The molecule has 1 aromatic rings. The molecule has 0 amide bonds. The first-order chi connectivity index (χ1) is 8.84. The molecular formula is C12H9ClF3NO2. The number of halogens is 4. The summed E-state index contributed by atoms with van der Waals surface area (Å²) in [6, 6.07) is 0.785. The average Bonchev–Trinajstić information content (AvgIpc) is 2.30. The van der Waals surface area contributed by atoms with E-state index in [2.05, 4.69) is 21.6 Å². The van der Waals surface area contributed by atoms with Crippen LogP contribution in [0.5, 0.6) is 0 Å². The van der Waals surface area contributed by atoms with E-state index in [9.17, 15) is 18.0 Å². The molecule has 0 aliphatic carbocycles. The number of rotatable bonds is 2. The van der Waals surface area contributed by atoms with Gasteiger partial charge in [-0.2, -0.15) is 13.2 Å². The molecule has 0 aromatic carbocycles. The Bertz CT molecular complexity index is 532. The maximum absolute atomic E-state index is 12.5. The van der Waals surface area contributed by atoms with Crippen molar-refractivity contribution in [2.45, 2.75) is 19.5 Å². The van der Waals surface area contributed by atoms with E-state index in [0.29, 0.717) is 0 Å². The molecule has 0 saturated heterocycles. The summed E-state index contributed by atoms with van der Waals surface area (Å²) in [5.74, 6) is 4.28. The lowest BCUT2D eigenvalue weighted by Crippen LogP contribution is -2.07. The molecule has 1 heterocycles. The van der Waals surface area contributed by atoms with Crippen LogP contribution in [0.2, 0.25) is 5.15 Å². The Morgan fingerprint density at radius 3 is 2.79 bits per heavy atom. The lowest BCUT2D eigenvalue weighted by Gasteiger charge is -2.07. The van der Waals surface area contributed by atoms with Gasteiger partial charge in [0.2, 0.25) is 0 Å². The highest BCUT2D eigenvalue weighted by molar-refractivity contribution is 6.30. The minimum absolute atomic E-state index is 0.0287. The predicted octanol–water partition coefficient (Wildman–Crippen LogP) is 3.06. The normalized spacial score (nSPS) is 10.6. The quantitative estimate of drug-likeness (QED) is 0.477. The summed E-state index contributed by atoms with van der Waals surface area (Å²) in [6.45, 7) is 1.87. The predicted molar refractivity (Wildman–Crippen MR) is 62.4 cm³/mol. The van der Waals surface area contributed by atoms with Crippen molar-refractivity contribution < 1.29 is 22.7 Å². The first-order valence-corrected chi connectivity index (χ1v) is 5.59. The van der Waals surface area contributed by atoms with Gasteiger partial charge < -0.3 is 4.74 Å². The summed E-state index contributed by atoms with van der Waals surface area (Å²) in [7, 11) is 0. The van der Waals surface area contributed by atoms with Gasteiger partial charge in [-0.1, -0.05) is 23.4 Å². The van der Waals surface area contributed by atoms with Crippen LogP contribution < -0.4 is 0 Å². The van der Waals surface area contributed by atoms with E-state index >= 15 is 0 Å². The highest BCUT2D eigenvalue weighted by atomic mass is 35.5. The van der Waals surface area contributed by atoms with Gasteiger partial charge in [0, 0.05) is 11.8 Å². The molecule has 0 spiro atoms. The standard InChI is InChI=1S/C12H9ClF3NO2/c1-2-19-10(18)5-3-4-8-6-9(12(14,15)16)11(13)17-7-8/h6-7H,2,5H2,1H3. The molecule has 3 nitrogen and oxygen atoms in total. The summed E-state index contributed by atoms with van der Waals surface area (Å²) < 4.78 is 42.2. The van der Waals surface area contributed by atoms with Crippen molar-refractivity contribution in [3.63, 3.8) is 0 Å². The second kappa shape index (κ2) is 6.43. The summed E-state index contributed by atoms with van der Waals surface area (Å²) >= 11 is 5.35. The fourth-order valence-corrected chi connectivity index (χ4v) is 1.36. The number of ether oxygens (including phenoxy) is 1. The smallest absolute Gasteiger partial charge is 0.419 e. The molecule has 0 fully saturated rings. The van der Waals surface area contributed by atoms with Gasteiger partial charge in [0.15, 0.2) is 0 Å². The summed E-state index contributed by atoms with van der Waals surface area (Å²) in [4.78, 5) is 14.4. The first kappa shape index (κ1) is 15.3. The van der Waals surface area contributed by atoms with Gasteiger partial charge in [-0.15, -0.1) is 0 Å². The largest absolute Gasteiger partial charge is 0.465 e. The monoisotopic (exact) mass is 291 g/mol. The maximum atomic E-state index is 12.5. The van der Waals surface area contributed by atoms with Crippen LogP contribution in [-0.2, 0) is 15.7 Å². The minimum Gasteiger partial charge on any atom is -0.465 e. The zero-order chi connectivity index (χ0) is 14.5. The molecular weight excluding hydrogens is 283 g/mol. The van der Waals surface area contributed by atoms with Crippen LogP contribution in [0.15, 0.2) is 12.3 Å². The van der Waals surface area contributed by atoms with Gasteiger partial charge in [-0.25, -0.2) is 4.98 Å². The molecule has 1 aromatic heterocycles. The SMILES string of the molecule is CCOC(=O)CC#Cc1cnc(Cl)c(C(F)(F)F)c1. The molecule has 0 radical (unpaired) electrons. The molecule has 0 saturated carbocycles. The van der Waals surface area contributed by atoms with Gasteiger partial charge >= 0.3 is 12.1 Å². The van der Waals surface area contributed by atoms with E-state index in [1.165, 1.54) is 0 Å². The van der Waals surface area contributed by atoms with Crippen LogP contribution in [0.3, 0.4) is 0 Å². The van der Waals surface area contributed by atoms with Crippen molar-refractivity contribution in [2.24, 2.45) is 0 Å². The van der Waals surface area contributed by atoms with Crippen molar-refractivity contribution in [2.75, 3.05) is 6.61 Å². The van der Waals surface area contributed by atoms with Crippen molar-refractivity contribution in [3.05, 3.63) is 28.5 Å². The topological polar surface area (TPSA) is 39.2 Å². The highest BCUT2D eigenvalue weighted by Gasteiger charge is 2.34. The van der Waals surface area contributed by atoms with E-state index in [1.807, 2.05) is 0 Å². The Morgan fingerprint density at radius 1 is 1.53 bits per heavy atom. The van der Waals surface area contributed by atoms with E-state index in [0.717, 1.165) is 12.3 Å². The average molecular weight is 292 g/mol. The summed E-state index contributed by atoms with van der Waals surface area (Å²) in [5.41, 5.74) is -1.03. The third-order valence-corrected chi connectivity index (χ3v) is 2.22. The van der Waals surface area contributed by atoms with Gasteiger partial charge in [0.05, 0.1) is 12.2 Å². The molecule has 19 heavy (non-hydrogen) atoms. The zero-order valence-corrected chi connectivity index (χ0v) is 10.6. The number of hydrogen-bond donors (Lipinski definition) is 0. The molecule has 1 rings (SSSR count). The highest BCUT2D eigenvalue weighted by Crippen LogP contribution is 2.33. The lowest BCUT2D eigenvalue weighted by atomic mass is 10.2. The molecule has 102 valence electrons. The van der Waals surface area contributed by atoms with E-state index in [1.54, 1.807) is 6.92 Å². The zero-order valence-electron chi connectivity index (χ0n) is 9.84. The number of hydrogen-bond acceptors (Lipinski definition) is 3. The Morgan fingerprint density at radius 2 is 2.21 bits per heavy atom. The van der Waals surface area contributed by atoms with Crippen molar-refractivity contribution in [3.8, 4) is 11.8 Å². The minimum atomic E-state index is -4.59. The molecule has 0 atom stereocenters. The Kier molecular flexibility index (Phi) is 5.19. The van der Waals surface area contributed by atoms with Gasteiger partial charge in [-0.05, 0) is 13.0 Å². The third kappa shape index (κ3) is 4.79. The number of alkyl halides is 3. The van der Waals surface area contributed by atoms with Gasteiger partial charge in [0.1, 0.15) is 11.6 Å². The number of carbonyl (C=O) groups is 1. The van der Waals surface area contributed by atoms with Gasteiger partial charge in [-0.3, -0.25) is 4.79 Å². The van der Waals surface area contributed by atoms with Crippen molar-refractivity contribution >= 4 is 17.6 Å². The fourth-order valence-electron chi connectivity index (χ4n) is 1.15. The van der Waals surface area contributed by atoms with Crippen LogP contribution in [0.25, 0.3) is 0 Å². The fraction of sp³-hybridized carbons (Fsp3) is 0.333. The Labute approximate surface area is 112 Å². The van der Waals surface area contributed by atoms with E-state index in [-0.39, 0.29) is 18.6 Å².